The lowest BCUT2D eigenvalue weighted by Crippen LogP contribution is -1.98. The molecule has 25 heavy (non-hydrogen) atoms. The molecule has 0 saturated carbocycles. The van der Waals surface area contributed by atoms with Gasteiger partial charge in [-0.3, -0.25) is 0 Å². The van der Waals surface area contributed by atoms with Crippen LogP contribution < -0.4 is 9.47 Å². The Morgan fingerprint density at radius 2 is 1.16 bits per heavy atom. The number of rotatable bonds is 7. The van der Waals surface area contributed by atoms with Gasteiger partial charge in [0.15, 0.2) is 0 Å². The SMILES string of the molecule is C=C(Br)c1cc(OCc2ccccc2)cc(OCc2ccccc2)c1. The summed E-state index contributed by atoms with van der Waals surface area (Å²) >= 11 is 3.44. The van der Waals surface area contributed by atoms with Crippen LogP contribution in [0.3, 0.4) is 0 Å². The van der Waals surface area contributed by atoms with E-state index in [0.717, 1.165) is 32.7 Å². The van der Waals surface area contributed by atoms with Gasteiger partial charge in [-0.25, -0.2) is 0 Å². The minimum Gasteiger partial charge on any atom is -0.489 e. The zero-order valence-electron chi connectivity index (χ0n) is 13.8. The van der Waals surface area contributed by atoms with Crippen LogP contribution in [-0.2, 0) is 13.2 Å². The van der Waals surface area contributed by atoms with E-state index in [4.69, 9.17) is 9.47 Å². The number of halogens is 1. The summed E-state index contributed by atoms with van der Waals surface area (Å²) < 4.78 is 12.7. The third kappa shape index (κ3) is 5.23. The number of hydrogen-bond acceptors (Lipinski definition) is 2. The molecule has 0 saturated heterocycles. The first kappa shape index (κ1) is 17.3. The Bertz CT molecular complexity index is 767. The average molecular weight is 395 g/mol. The van der Waals surface area contributed by atoms with Crippen LogP contribution in [0.1, 0.15) is 16.7 Å². The lowest BCUT2D eigenvalue weighted by molar-refractivity contribution is 0.290. The topological polar surface area (TPSA) is 18.5 Å². The van der Waals surface area contributed by atoms with Gasteiger partial charge in [-0.2, -0.15) is 0 Å². The van der Waals surface area contributed by atoms with Gasteiger partial charge in [-0.1, -0.05) is 83.2 Å². The molecule has 126 valence electrons. The van der Waals surface area contributed by atoms with Crippen LogP contribution in [0, 0.1) is 0 Å². The maximum absolute atomic E-state index is 5.93. The van der Waals surface area contributed by atoms with Crippen molar-refractivity contribution in [2.45, 2.75) is 13.2 Å². The summed E-state index contributed by atoms with van der Waals surface area (Å²) in [5, 5.41) is 0. The highest BCUT2D eigenvalue weighted by atomic mass is 79.9. The van der Waals surface area contributed by atoms with Crippen LogP contribution in [0.15, 0.2) is 85.4 Å². The van der Waals surface area contributed by atoms with Gasteiger partial charge in [0.1, 0.15) is 24.7 Å². The largest absolute Gasteiger partial charge is 0.489 e. The molecule has 0 aromatic heterocycles. The van der Waals surface area contributed by atoms with Crippen molar-refractivity contribution in [2.75, 3.05) is 0 Å². The summed E-state index contributed by atoms with van der Waals surface area (Å²) in [5.74, 6) is 1.51. The minimum atomic E-state index is 0.511. The maximum Gasteiger partial charge on any atom is 0.124 e. The Hall–Kier alpha value is -2.52. The fraction of sp³-hybridized carbons (Fsp3) is 0.0909. The van der Waals surface area contributed by atoms with Crippen LogP contribution in [0.5, 0.6) is 11.5 Å². The molecule has 3 rings (SSSR count). The van der Waals surface area contributed by atoms with Crippen molar-refractivity contribution in [3.63, 3.8) is 0 Å². The van der Waals surface area contributed by atoms with Crippen LogP contribution in [-0.4, -0.2) is 0 Å². The molecule has 0 fully saturated rings. The zero-order chi connectivity index (χ0) is 17.5. The van der Waals surface area contributed by atoms with Crippen LogP contribution in [0.4, 0.5) is 0 Å². The van der Waals surface area contributed by atoms with E-state index in [0.29, 0.717) is 13.2 Å². The number of benzene rings is 3. The highest BCUT2D eigenvalue weighted by Gasteiger charge is 2.06. The quantitative estimate of drug-likeness (QED) is 0.474. The Morgan fingerprint density at radius 1 is 0.720 bits per heavy atom. The highest BCUT2D eigenvalue weighted by Crippen LogP contribution is 2.30. The molecule has 0 bridgehead atoms. The molecule has 0 radical (unpaired) electrons. The van der Waals surface area contributed by atoms with Crippen molar-refractivity contribution < 1.29 is 9.47 Å². The molecule has 3 aromatic rings. The first-order valence-corrected chi connectivity index (χ1v) is 8.83. The predicted molar refractivity (Wildman–Crippen MR) is 106 cm³/mol. The van der Waals surface area contributed by atoms with Crippen LogP contribution in [0.2, 0.25) is 0 Å². The summed E-state index contributed by atoms with van der Waals surface area (Å²) in [6, 6.07) is 26.0. The number of ether oxygens (including phenoxy) is 2. The molecule has 0 N–H and O–H groups in total. The normalized spacial score (nSPS) is 10.3. The molecule has 3 heteroatoms. The Morgan fingerprint density at radius 3 is 1.56 bits per heavy atom. The molecule has 0 unspecified atom stereocenters. The van der Waals surface area contributed by atoms with Gasteiger partial charge in [-0.05, 0) is 28.8 Å². The van der Waals surface area contributed by atoms with Gasteiger partial charge in [-0.15, -0.1) is 0 Å². The van der Waals surface area contributed by atoms with E-state index in [1.807, 2.05) is 78.9 Å². The van der Waals surface area contributed by atoms with Crippen molar-refractivity contribution in [1.29, 1.82) is 0 Å². The second-order valence-corrected chi connectivity index (χ2v) is 6.60. The Labute approximate surface area is 156 Å². The van der Waals surface area contributed by atoms with E-state index in [1.54, 1.807) is 0 Å². The first-order chi connectivity index (χ1) is 12.2. The molecule has 0 aliphatic carbocycles. The molecule has 0 heterocycles. The summed E-state index contributed by atoms with van der Waals surface area (Å²) in [5.41, 5.74) is 3.18. The van der Waals surface area contributed by atoms with Gasteiger partial charge in [0.05, 0.1) is 0 Å². The monoisotopic (exact) mass is 394 g/mol. The van der Waals surface area contributed by atoms with Crippen LogP contribution >= 0.6 is 15.9 Å². The van der Waals surface area contributed by atoms with Gasteiger partial charge in [0.25, 0.3) is 0 Å². The summed E-state index contributed by atoms with van der Waals surface area (Å²) in [4.78, 5) is 0. The fourth-order valence-corrected chi connectivity index (χ4v) is 2.61. The minimum absolute atomic E-state index is 0.511. The molecule has 0 spiro atoms. The zero-order valence-corrected chi connectivity index (χ0v) is 15.4. The van der Waals surface area contributed by atoms with E-state index in [1.165, 1.54) is 0 Å². The first-order valence-electron chi connectivity index (χ1n) is 8.04. The average Bonchev–Trinajstić information content (AvgIpc) is 2.66. The van der Waals surface area contributed by atoms with E-state index in [-0.39, 0.29) is 0 Å². The van der Waals surface area contributed by atoms with Gasteiger partial charge < -0.3 is 9.47 Å². The predicted octanol–water partition coefficient (Wildman–Crippen LogP) is 6.21. The molecule has 3 aromatic carbocycles. The Balaban J connectivity index is 1.73. The van der Waals surface area contributed by atoms with Crippen molar-refractivity contribution in [3.05, 3.63) is 102 Å². The summed E-state index contributed by atoms with van der Waals surface area (Å²) in [7, 11) is 0. The highest BCUT2D eigenvalue weighted by molar-refractivity contribution is 9.15. The lowest BCUT2D eigenvalue weighted by atomic mass is 10.2. The van der Waals surface area contributed by atoms with Crippen molar-refractivity contribution in [1.82, 2.24) is 0 Å². The van der Waals surface area contributed by atoms with Gasteiger partial charge in [0.2, 0.25) is 0 Å². The summed E-state index contributed by atoms with van der Waals surface area (Å²) in [6.45, 7) is 4.97. The van der Waals surface area contributed by atoms with Crippen molar-refractivity contribution in [3.8, 4) is 11.5 Å². The third-order valence-corrected chi connectivity index (χ3v) is 4.15. The smallest absolute Gasteiger partial charge is 0.124 e. The van der Waals surface area contributed by atoms with E-state index < -0.39 is 0 Å². The second kappa shape index (κ2) is 8.54. The molecule has 2 nitrogen and oxygen atoms in total. The lowest BCUT2D eigenvalue weighted by Gasteiger charge is -2.12. The van der Waals surface area contributed by atoms with Crippen molar-refractivity contribution in [2.24, 2.45) is 0 Å². The fourth-order valence-electron chi connectivity index (χ4n) is 2.38. The molecule has 0 atom stereocenters. The van der Waals surface area contributed by atoms with Crippen molar-refractivity contribution >= 4 is 20.4 Å². The molecular weight excluding hydrogens is 376 g/mol. The van der Waals surface area contributed by atoms with E-state index in [2.05, 4.69) is 22.5 Å². The molecule has 0 aliphatic rings. The van der Waals surface area contributed by atoms with Gasteiger partial charge >= 0.3 is 0 Å². The van der Waals surface area contributed by atoms with E-state index >= 15 is 0 Å². The molecule has 0 amide bonds. The Kier molecular flexibility index (Phi) is 5.91. The molecular formula is C22H19BrO2. The van der Waals surface area contributed by atoms with Crippen LogP contribution in [0.25, 0.3) is 4.48 Å². The molecule has 0 aliphatic heterocycles. The second-order valence-electron chi connectivity index (χ2n) is 5.65. The van der Waals surface area contributed by atoms with E-state index in [9.17, 15) is 0 Å². The summed E-state index contributed by atoms with van der Waals surface area (Å²) in [6.07, 6.45) is 0. The standard InChI is InChI=1S/C22H19BrO2/c1-17(23)20-12-21(24-15-18-8-4-2-5-9-18)14-22(13-20)25-16-19-10-6-3-7-11-19/h2-14H,1,15-16H2. The van der Waals surface area contributed by atoms with Gasteiger partial charge in [0, 0.05) is 10.5 Å². The third-order valence-electron chi connectivity index (χ3n) is 3.69. The maximum atomic E-state index is 5.93. The number of hydrogen-bond donors (Lipinski definition) is 0.